The number of hydrogen-bond acceptors (Lipinski definition) is 7. The largest absolute Gasteiger partial charge is 0.573 e. The van der Waals surface area contributed by atoms with Crippen molar-refractivity contribution in [2.45, 2.75) is 37.9 Å². The number of sulfonamides is 1. The molecule has 0 fully saturated rings. The molecule has 0 aliphatic heterocycles. The van der Waals surface area contributed by atoms with E-state index in [0.29, 0.717) is 29.0 Å². The first-order valence-electron chi connectivity index (χ1n) is 10.6. The fourth-order valence-corrected chi connectivity index (χ4v) is 5.73. The molecular weight excluding hydrogens is 505 g/mol. The summed E-state index contributed by atoms with van der Waals surface area (Å²) in [6.07, 6.45) is -3.79. The van der Waals surface area contributed by atoms with Gasteiger partial charge in [-0.2, -0.15) is 0 Å². The van der Waals surface area contributed by atoms with Gasteiger partial charge in [-0.3, -0.25) is 0 Å². The van der Waals surface area contributed by atoms with Gasteiger partial charge >= 0.3 is 12.3 Å². The van der Waals surface area contributed by atoms with Gasteiger partial charge in [-0.1, -0.05) is 19.9 Å². The van der Waals surface area contributed by atoms with Crippen molar-refractivity contribution in [3.63, 3.8) is 0 Å². The lowest BCUT2D eigenvalue weighted by atomic mass is 10.1. The number of hydrogen-bond donors (Lipinski definition) is 0. The van der Waals surface area contributed by atoms with Crippen molar-refractivity contribution in [1.82, 2.24) is 4.98 Å². The molecule has 188 valence electrons. The number of esters is 1. The molecule has 7 nitrogen and oxygen atoms in total. The summed E-state index contributed by atoms with van der Waals surface area (Å²) in [4.78, 5) is 16.5. The van der Waals surface area contributed by atoms with Crippen LogP contribution in [0, 0.1) is 0 Å². The number of ether oxygens (including phenoxy) is 2. The van der Waals surface area contributed by atoms with Crippen LogP contribution in [0.5, 0.6) is 5.75 Å². The van der Waals surface area contributed by atoms with Crippen LogP contribution in [0.25, 0.3) is 10.6 Å². The molecule has 0 saturated heterocycles. The first-order valence-corrected chi connectivity index (χ1v) is 12.9. The highest BCUT2D eigenvalue weighted by Crippen LogP contribution is 2.33. The lowest BCUT2D eigenvalue weighted by molar-refractivity contribution is -0.274. The molecule has 3 aromatic rings. The molecule has 3 rings (SSSR count). The van der Waals surface area contributed by atoms with Crippen molar-refractivity contribution in [1.29, 1.82) is 0 Å². The zero-order valence-corrected chi connectivity index (χ0v) is 20.8. The van der Waals surface area contributed by atoms with Crippen LogP contribution in [-0.4, -0.2) is 39.4 Å². The van der Waals surface area contributed by atoms with Crippen molar-refractivity contribution in [3.05, 3.63) is 59.0 Å². The fourth-order valence-electron chi connectivity index (χ4n) is 3.32. The van der Waals surface area contributed by atoms with Gasteiger partial charge in [0.25, 0.3) is 10.0 Å². The predicted molar refractivity (Wildman–Crippen MR) is 126 cm³/mol. The Bertz CT molecular complexity index is 1290. The van der Waals surface area contributed by atoms with E-state index >= 15 is 0 Å². The van der Waals surface area contributed by atoms with Gasteiger partial charge in [0.15, 0.2) is 5.82 Å². The zero-order valence-electron chi connectivity index (χ0n) is 19.1. The number of carbonyl (C=O) groups excluding carboxylic acids is 1. The maximum Gasteiger partial charge on any atom is 0.573 e. The number of aromatic nitrogens is 1. The Morgan fingerprint density at radius 1 is 1.11 bits per heavy atom. The van der Waals surface area contributed by atoms with Gasteiger partial charge in [0.2, 0.25) is 0 Å². The Morgan fingerprint density at radius 2 is 1.80 bits per heavy atom. The van der Waals surface area contributed by atoms with Crippen LogP contribution in [0.2, 0.25) is 0 Å². The molecule has 0 radical (unpaired) electrons. The SMILES string of the molecule is CCCN(c1csc(-c2ccc(OC(F)(F)F)cc2)n1)S(=O)(=O)c1ccc(CC)c(C(=O)OC)c1. The number of benzene rings is 2. The average Bonchev–Trinajstić information content (AvgIpc) is 3.30. The van der Waals surface area contributed by atoms with Gasteiger partial charge in [0, 0.05) is 17.5 Å². The minimum absolute atomic E-state index is 0.0771. The quantitative estimate of drug-likeness (QED) is 0.333. The summed E-state index contributed by atoms with van der Waals surface area (Å²) < 4.78 is 74.0. The second-order valence-electron chi connectivity index (χ2n) is 7.32. The second-order valence-corrected chi connectivity index (χ2v) is 10.0. The summed E-state index contributed by atoms with van der Waals surface area (Å²) in [5.41, 5.74) is 1.34. The Morgan fingerprint density at radius 3 is 2.37 bits per heavy atom. The molecule has 0 aliphatic carbocycles. The number of carbonyl (C=O) groups is 1. The highest BCUT2D eigenvalue weighted by molar-refractivity contribution is 7.92. The highest BCUT2D eigenvalue weighted by Gasteiger charge is 2.31. The Hall–Kier alpha value is -3.12. The van der Waals surface area contributed by atoms with Crippen molar-refractivity contribution in [2.75, 3.05) is 18.0 Å². The molecule has 0 bridgehead atoms. The third-order valence-corrected chi connectivity index (χ3v) is 7.64. The van der Waals surface area contributed by atoms with Gasteiger partial charge in [0.05, 0.1) is 17.6 Å². The Kier molecular flexibility index (Phi) is 8.06. The summed E-state index contributed by atoms with van der Waals surface area (Å²) in [6, 6.07) is 9.47. The van der Waals surface area contributed by atoms with E-state index in [1.54, 1.807) is 11.4 Å². The van der Waals surface area contributed by atoms with E-state index in [1.165, 1.54) is 31.4 Å². The smallest absolute Gasteiger partial charge is 0.465 e. The summed E-state index contributed by atoms with van der Waals surface area (Å²) >= 11 is 1.15. The second kappa shape index (κ2) is 10.6. The summed E-state index contributed by atoms with van der Waals surface area (Å²) in [7, 11) is -2.85. The lowest BCUT2D eigenvalue weighted by Gasteiger charge is -2.22. The lowest BCUT2D eigenvalue weighted by Crippen LogP contribution is -2.32. The molecule has 2 aromatic carbocycles. The van der Waals surface area contributed by atoms with E-state index in [0.717, 1.165) is 27.8 Å². The number of methoxy groups -OCH3 is 1. The van der Waals surface area contributed by atoms with Gasteiger partial charge in [-0.05, 0) is 54.8 Å². The van der Waals surface area contributed by atoms with Crippen LogP contribution >= 0.6 is 11.3 Å². The highest BCUT2D eigenvalue weighted by atomic mass is 32.2. The first kappa shape index (κ1) is 26.5. The predicted octanol–water partition coefficient (Wildman–Crippen LogP) is 5.66. The van der Waals surface area contributed by atoms with Crippen molar-refractivity contribution in [3.8, 4) is 16.3 Å². The van der Waals surface area contributed by atoms with Gasteiger partial charge in [-0.25, -0.2) is 22.5 Å². The number of nitrogens with zero attached hydrogens (tertiary/aromatic N) is 2. The number of alkyl halides is 3. The van der Waals surface area contributed by atoms with Gasteiger partial charge in [0.1, 0.15) is 10.8 Å². The molecule has 0 saturated carbocycles. The Balaban J connectivity index is 1.95. The zero-order chi connectivity index (χ0) is 25.8. The van der Waals surface area contributed by atoms with Crippen LogP contribution in [0.4, 0.5) is 19.0 Å². The normalized spacial score (nSPS) is 11.8. The molecule has 0 aliphatic rings. The molecule has 0 unspecified atom stereocenters. The maximum absolute atomic E-state index is 13.5. The van der Waals surface area contributed by atoms with E-state index in [4.69, 9.17) is 4.74 Å². The molecule has 0 amide bonds. The van der Waals surface area contributed by atoms with Crippen molar-refractivity contribution in [2.24, 2.45) is 0 Å². The minimum atomic E-state index is -4.80. The molecule has 0 spiro atoms. The van der Waals surface area contributed by atoms with Crippen LogP contribution in [0.15, 0.2) is 52.7 Å². The van der Waals surface area contributed by atoms with E-state index < -0.39 is 22.4 Å². The third-order valence-electron chi connectivity index (χ3n) is 4.96. The Labute approximate surface area is 205 Å². The number of rotatable bonds is 9. The van der Waals surface area contributed by atoms with Crippen LogP contribution in [0.3, 0.4) is 0 Å². The molecule has 12 heteroatoms. The average molecular weight is 529 g/mol. The van der Waals surface area contributed by atoms with Gasteiger partial charge in [-0.15, -0.1) is 24.5 Å². The van der Waals surface area contributed by atoms with E-state index in [2.05, 4.69) is 9.72 Å². The summed E-state index contributed by atoms with van der Waals surface area (Å²) in [6.45, 7) is 3.79. The number of halogens is 3. The molecule has 35 heavy (non-hydrogen) atoms. The standard InChI is InChI=1S/C23H23F3N2O5S2/c1-4-12-28(35(30,31)18-11-8-15(5-2)19(13-18)22(29)32-3)20-14-34-21(27-20)16-6-9-17(10-7-16)33-23(24,25)26/h6-11,13-14H,4-5,12H2,1-3H3. The topological polar surface area (TPSA) is 85.8 Å². The van der Waals surface area contributed by atoms with E-state index in [1.807, 2.05) is 13.8 Å². The molecule has 0 atom stereocenters. The van der Waals surface area contributed by atoms with Crippen LogP contribution in [-0.2, 0) is 21.2 Å². The number of aryl methyl sites for hydroxylation is 1. The number of anilines is 1. The molecular formula is C23H23F3N2O5S2. The molecule has 0 N–H and O–H groups in total. The minimum Gasteiger partial charge on any atom is -0.465 e. The van der Waals surface area contributed by atoms with Crippen molar-refractivity contribution < 1.29 is 35.9 Å². The molecule has 1 heterocycles. The van der Waals surface area contributed by atoms with E-state index in [-0.39, 0.29) is 28.6 Å². The van der Waals surface area contributed by atoms with Crippen LogP contribution in [0.1, 0.15) is 36.2 Å². The summed E-state index contributed by atoms with van der Waals surface area (Å²) in [5.74, 6) is -0.832. The van der Waals surface area contributed by atoms with E-state index in [9.17, 15) is 26.4 Å². The first-order chi connectivity index (χ1) is 16.5. The van der Waals surface area contributed by atoms with Crippen LogP contribution < -0.4 is 9.04 Å². The molecule has 1 aromatic heterocycles. The number of thiazole rings is 1. The summed E-state index contributed by atoms with van der Waals surface area (Å²) in [5, 5.41) is 1.98. The monoisotopic (exact) mass is 528 g/mol. The maximum atomic E-state index is 13.5. The third kappa shape index (κ3) is 6.12. The van der Waals surface area contributed by atoms with Gasteiger partial charge < -0.3 is 9.47 Å². The fraction of sp³-hybridized carbons (Fsp3) is 0.304. The van der Waals surface area contributed by atoms with Crippen molar-refractivity contribution >= 4 is 33.1 Å².